The molecule has 122 valence electrons. The quantitative estimate of drug-likeness (QED) is 0.261. The average molecular weight is 830 g/mol. The number of aliphatic imine (C=N–C) groups is 4. The van der Waals surface area contributed by atoms with E-state index in [-0.39, 0.29) is 0 Å². The van der Waals surface area contributed by atoms with Gasteiger partial charge < -0.3 is 0 Å². The molecule has 5 nitrogen and oxygen atoms in total. The van der Waals surface area contributed by atoms with Gasteiger partial charge in [-0.05, 0) is 37.9 Å². The van der Waals surface area contributed by atoms with Crippen molar-refractivity contribution in [2.45, 2.75) is 4.29 Å². The number of guanidine groups is 1. The molecule has 0 bridgehead atoms. The molecule has 0 amide bonds. The molecule has 0 N–H and O–H groups in total. The number of hydrogen-bond acceptors (Lipinski definition) is 5. The number of alkyl halides is 6. The minimum Gasteiger partial charge on any atom is -0.244 e. The van der Waals surface area contributed by atoms with Crippen molar-refractivity contribution in [3.05, 3.63) is 20.9 Å². The summed E-state index contributed by atoms with van der Waals surface area (Å²) in [6.45, 7) is 0. The second-order valence-electron chi connectivity index (χ2n) is 4.21. The fourth-order valence-corrected chi connectivity index (χ4v) is 4.13. The molecule has 0 unspecified atom stereocenters. The van der Waals surface area contributed by atoms with Crippen molar-refractivity contribution in [2.75, 3.05) is 0 Å². The van der Waals surface area contributed by atoms with Crippen molar-refractivity contribution in [1.29, 1.82) is 0 Å². The van der Waals surface area contributed by atoms with Crippen molar-refractivity contribution in [3.8, 4) is 0 Å². The van der Waals surface area contributed by atoms with Gasteiger partial charge in [-0.3, -0.25) is 0 Å². The summed E-state index contributed by atoms with van der Waals surface area (Å²) in [4.78, 5) is 19.9. The van der Waals surface area contributed by atoms with E-state index in [9.17, 15) is 0 Å². The highest BCUT2D eigenvalue weighted by Gasteiger charge is 2.41. The van der Waals surface area contributed by atoms with Crippen LogP contribution in [0.25, 0.3) is 0 Å². The normalized spacial score (nSPS) is 21.2. The van der Waals surface area contributed by atoms with E-state index in [2.05, 4.69) is 147 Å². The topological polar surface area (TPSA) is 52.7 Å². The Morgan fingerprint density at radius 1 is 0.783 bits per heavy atom. The van der Waals surface area contributed by atoms with Crippen molar-refractivity contribution >= 4 is 151 Å². The predicted molar refractivity (Wildman–Crippen MR) is 124 cm³/mol. The Morgan fingerprint density at radius 2 is 1.35 bits per heavy atom. The van der Waals surface area contributed by atoms with Gasteiger partial charge in [0.15, 0.2) is 27.6 Å². The second-order valence-corrected chi connectivity index (χ2v) is 19.4. The molecule has 0 atom stereocenters. The summed E-state index contributed by atoms with van der Waals surface area (Å²) in [7, 11) is 0. The van der Waals surface area contributed by atoms with Crippen molar-refractivity contribution in [1.82, 2.24) is 4.90 Å². The van der Waals surface area contributed by atoms with Gasteiger partial charge in [0.2, 0.25) is 5.96 Å². The summed E-state index contributed by atoms with van der Waals surface area (Å²) in [5.74, 6) is 2.66. The van der Waals surface area contributed by atoms with Crippen molar-refractivity contribution < 1.29 is 0 Å². The number of amidine groups is 3. The van der Waals surface area contributed by atoms with Crippen LogP contribution < -0.4 is 0 Å². The summed E-state index contributed by atoms with van der Waals surface area (Å²) in [5, 5.41) is 0. The molecule has 13 heteroatoms. The number of hydrogen-bond donors (Lipinski definition) is 0. The summed E-state index contributed by atoms with van der Waals surface area (Å²) in [5.41, 5.74) is 0. The molecule has 0 saturated carbocycles. The van der Waals surface area contributed by atoms with Gasteiger partial charge in [-0.25, -0.2) is 14.9 Å². The standard InChI is InChI=1S/C10HBr8N5/c11-2-1-3(12)5-20-7(10(16,17)18)22-8-21-6(9(13,14)15)19-4(2)23(5)8/h1H. The maximum atomic E-state index is 4.56. The highest BCUT2D eigenvalue weighted by atomic mass is 80.0. The molecular formula is C10HBr8N5. The number of allylic oxidation sites excluding steroid dienone is 2. The number of halogens is 8. The van der Waals surface area contributed by atoms with Gasteiger partial charge in [0.05, 0.1) is 8.96 Å². The van der Waals surface area contributed by atoms with Gasteiger partial charge in [-0.1, -0.05) is 95.6 Å². The van der Waals surface area contributed by atoms with Crippen LogP contribution in [0.2, 0.25) is 0 Å². The Labute approximate surface area is 198 Å². The smallest absolute Gasteiger partial charge is 0.240 e. The van der Waals surface area contributed by atoms with Gasteiger partial charge in [-0.15, -0.1) is 0 Å². The van der Waals surface area contributed by atoms with Crippen LogP contribution in [0.4, 0.5) is 0 Å². The summed E-state index contributed by atoms with van der Waals surface area (Å²) in [6.07, 6.45) is 1.88. The molecule has 0 saturated heterocycles. The Hall–Kier alpha value is 1.80. The molecule has 0 aromatic rings. The SMILES string of the molecule is BrC1=CC(Br)=C2N=C(C(Br)(Br)Br)N=C3N=C(C(Br)(Br)Br)N=C1N32. The third kappa shape index (κ3) is 3.91. The Morgan fingerprint density at radius 3 is 1.91 bits per heavy atom. The zero-order chi connectivity index (χ0) is 17.2. The Kier molecular flexibility index (Phi) is 5.74. The molecule has 0 fully saturated rings. The fourth-order valence-electron chi connectivity index (χ4n) is 1.77. The maximum Gasteiger partial charge on any atom is 0.240 e. The van der Waals surface area contributed by atoms with Crippen LogP contribution in [0.1, 0.15) is 0 Å². The first-order chi connectivity index (χ1) is 10.5. The lowest BCUT2D eigenvalue weighted by atomic mass is 10.2. The van der Waals surface area contributed by atoms with Crippen LogP contribution in [-0.4, -0.2) is 32.7 Å². The fraction of sp³-hybridized carbons (Fsp3) is 0.200. The first kappa shape index (κ1) is 19.6. The maximum absolute atomic E-state index is 4.56. The van der Waals surface area contributed by atoms with E-state index >= 15 is 0 Å². The first-order valence-corrected chi connectivity index (χ1v) is 11.9. The molecule has 0 spiro atoms. The van der Waals surface area contributed by atoms with Crippen LogP contribution in [0, 0.1) is 0 Å². The molecule has 3 aliphatic heterocycles. The van der Waals surface area contributed by atoms with Gasteiger partial charge in [0.25, 0.3) is 0 Å². The largest absolute Gasteiger partial charge is 0.244 e. The molecule has 3 heterocycles. The summed E-state index contributed by atoms with van der Waals surface area (Å²) < 4.78 is 0.0466. The van der Waals surface area contributed by atoms with Crippen LogP contribution in [-0.2, 0) is 0 Å². The third-order valence-electron chi connectivity index (χ3n) is 2.65. The van der Waals surface area contributed by atoms with Gasteiger partial charge in [0.1, 0.15) is 0 Å². The van der Waals surface area contributed by atoms with E-state index in [0.29, 0.717) is 29.3 Å². The highest BCUT2D eigenvalue weighted by molar-refractivity contribution is 9.40. The van der Waals surface area contributed by atoms with Crippen LogP contribution >= 0.6 is 127 Å². The van der Waals surface area contributed by atoms with Crippen LogP contribution in [0.3, 0.4) is 0 Å². The van der Waals surface area contributed by atoms with Crippen LogP contribution in [0.5, 0.6) is 0 Å². The Balaban J connectivity index is 2.26. The molecule has 0 aromatic carbocycles. The van der Waals surface area contributed by atoms with E-state index in [1.54, 1.807) is 4.90 Å². The molecule has 0 radical (unpaired) electrons. The molecular weight excluding hydrogens is 829 g/mol. The summed E-state index contributed by atoms with van der Waals surface area (Å²) >= 11 is 27.7. The number of rotatable bonds is 0. The van der Waals surface area contributed by atoms with E-state index < -0.39 is 4.29 Å². The molecule has 3 aliphatic rings. The Bertz CT molecular complexity index is 776. The van der Waals surface area contributed by atoms with Crippen molar-refractivity contribution in [3.63, 3.8) is 0 Å². The minimum absolute atomic E-state index is 0.442. The monoisotopic (exact) mass is 822 g/mol. The average Bonchev–Trinajstić information content (AvgIpc) is 2.41. The highest BCUT2D eigenvalue weighted by Crippen LogP contribution is 2.43. The van der Waals surface area contributed by atoms with Gasteiger partial charge >= 0.3 is 0 Å². The van der Waals surface area contributed by atoms with Gasteiger partial charge in [-0.2, -0.15) is 9.98 Å². The molecule has 3 rings (SSSR count). The third-order valence-corrected chi connectivity index (χ3v) is 5.94. The zero-order valence-corrected chi connectivity index (χ0v) is 23.0. The molecule has 23 heavy (non-hydrogen) atoms. The molecule has 0 aromatic heterocycles. The van der Waals surface area contributed by atoms with E-state index in [4.69, 9.17) is 0 Å². The van der Waals surface area contributed by atoms with E-state index in [1.807, 2.05) is 6.08 Å². The van der Waals surface area contributed by atoms with Gasteiger partial charge in [0, 0.05) is 0 Å². The summed E-state index contributed by atoms with van der Waals surface area (Å²) in [6, 6.07) is 0. The number of nitrogens with zero attached hydrogens (tertiary/aromatic N) is 5. The lowest BCUT2D eigenvalue weighted by Crippen LogP contribution is -2.45. The lowest BCUT2D eigenvalue weighted by molar-refractivity contribution is 0.706. The van der Waals surface area contributed by atoms with E-state index in [0.717, 1.165) is 8.96 Å². The van der Waals surface area contributed by atoms with E-state index in [1.165, 1.54) is 0 Å². The van der Waals surface area contributed by atoms with Crippen molar-refractivity contribution in [2.24, 2.45) is 20.0 Å². The first-order valence-electron chi connectivity index (χ1n) is 5.55. The minimum atomic E-state index is -0.760. The molecule has 0 aliphatic carbocycles. The van der Waals surface area contributed by atoms with Crippen LogP contribution in [0.15, 0.2) is 40.8 Å². The second kappa shape index (κ2) is 6.75. The lowest BCUT2D eigenvalue weighted by Gasteiger charge is -2.35. The zero-order valence-electron chi connectivity index (χ0n) is 10.3. The predicted octanol–water partition coefficient (Wildman–Crippen LogP) is 6.40.